The van der Waals surface area contributed by atoms with Crippen molar-refractivity contribution in [2.75, 3.05) is 6.61 Å². The molecule has 0 aromatic heterocycles. The second-order valence-electron chi connectivity index (χ2n) is 2.78. The zero-order chi connectivity index (χ0) is 9.68. The van der Waals surface area contributed by atoms with Gasteiger partial charge in [-0.3, -0.25) is 0 Å². The summed E-state index contributed by atoms with van der Waals surface area (Å²) in [5.41, 5.74) is 0. The Morgan fingerprint density at radius 2 is 2.23 bits per heavy atom. The smallest absolute Gasteiger partial charge is 0.138 e. The average molecular weight is 203 g/mol. The first-order valence-electron chi connectivity index (χ1n) is 4.32. The van der Waals surface area contributed by atoms with Crippen LogP contribution in [0.1, 0.15) is 19.8 Å². The molecule has 0 aliphatic rings. The molecular formula is C10H12ClFO. The van der Waals surface area contributed by atoms with Gasteiger partial charge in [-0.2, -0.15) is 0 Å². The van der Waals surface area contributed by atoms with Crippen LogP contribution in [-0.2, 0) is 0 Å². The van der Waals surface area contributed by atoms with Gasteiger partial charge in [0, 0.05) is 0 Å². The molecule has 1 rings (SSSR count). The molecular weight excluding hydrogens is 191 g/mol. The summed E-state index contributed by atoms with van der Waals surface area (Å²) in [6.07, 6.45) is 2.05. The molecule has 0 fully saturated rings. The molecule has 72 valence electrons. The van der Waals surface area contributed by atoms with Crippen LogP contribution in [0.2, 0.25) is 5.02 Å². The van der Waals surface area contributed by atoms with E-state index in [9.17, 15) is 4.39 Å². The van der Waals surface area contributed by atoms with Crippen molar-refractivity contribution in [1.82, 2.24) is 0 Å². The minimum Gasteiger partial charge on any atom is -0.492 e. The number of hydrogen-bond donors (Lipinski definition) is 0. The van der Waals surface area contributed by atoms with Crippen molar-refractivity contribution in [3.63, 3.8) is 0 Å². The molecule has 0 amide bonds. The van der Waals surface area contributed by atoms with E-state index in [1.165, 1.54) is 12.1 Å². The Bertz CT molecular complexity index is 276. The van der Waals surface area contributed by atoms with Crippen LogP contribution in [0.5, 0.6) is 5.75 Å². The van der Waals surface area contributed by atoms with Crippen molar-refractivity contribution in [2.24, 2.45) is 0 Å². The number of benzene rings is 1. The van der Waals surface area contributed by atoms with E-state index in [2.05, 4.69) is 6.92 Å². The highest BCUT2D eigenvalue weighted by atomic mass is 35.5. The Kier molecular flexibility index (Phi) is 4.03. The third kappa shape index (κ3) is 3.23. The molecule has 1 aromatic carbocycles. The van der Waals surface area contributed by atoms with Crippen LogP contribution in [0.15, 0.2) is 18.2 Å². The zero-order valence-corrected chi connectivity index (χ0v) is 8.27. The van der Waals surface area contributed by atoms with E-state index in [1.54, 1.807) is 6.07 Å². The van der Waals surface area contributed by atoms with Crippen LogP contribution < -0.4 is 4.74 Å². The van der Waals surface area contributed by atoms with E-state index in [-0.39, 0.29) is 5.82 Å². The second-order valence-corrected chi connectivity index (χ2v) is 3.18. The standard InChI is InChI=1S/C10H12ClFO/c1-2-3-6-13-10-5-4-8(12)7-9(10)11/h4-5,7H,2-3,6H2,1H3. The Labute approximate surface area is 82.5 Å². The molecule has 3 heteroatoms. The van der Waals surface area contributed by atoms with Crippen LogP contribution in [0, 0.1) is 5.82 Å². The fourth-order valence-electron chi connectivity index (χ4n) is 0.919. The van der Waals surface area contributed by atoms with Gasteiger partial charge < -0.3 is 4.74 Å². The quantitative estimate of drug-likeness (QED) is 0.678. The molecule has 0 aliphatic heterocycles. The molecule has 0 heterocycles. The van der Waals surface area contributed by atoms with Gasteiger partial charge in [-0.25, -0.2) is 4.39 Å². The predicted molar refractivity (Wildman–Crippen MR) is 51.8 cm³/mol. The Hall–Kier alpha value is -0.760. The second kappa shape index (κ2) is 5.07. The van der Waals surface area contributed by atoms with Gasteiger partial charge in [-0.05, 0) is 24.6 Å². The first-order valence-corrected chi connectivity index (χ1v) is 4.69. The Morgan fingerprint density at radius 1 is 1.46 bits per heavy atom. The molecule has 0 bridgehead atoms. The van der Waals surface area contributed by atoms with Gasteiger partial charge in [0.25, 0.3) is 0 Å². The summed E-state index contributed by atoms with van der Waals surface area (Å²) in [5.74, 6) is 0.212. The number of hydrogen-bond acceptors (Lipinski definition) is 1. The summed E-state index contributed by atoms with van der Waals surface area (Å²) in [6.45, 7) is 2.71. The number of ether oxygens (including phenoxy) is 1. The summed E-state index contributed by atoms with van der Waals surface area (Å²) < 4.78 is 17.9. The third-order valence-electron chi connectivity index (χ3n) is 1.65. The molecule has 0 atom stereocenters. The van der Waals surface area contributed by atoms with E-state index in [4.69, 9.17) is 16.3 Å². The van der Waals surface area contributed by atoms with Gasteiger partial charge in [-0.1, -0.05) is 24.9 Å². The highest BCUT2D eigenvalue weighted by Crippen LogP contribution is 2.24. The molecule has 0 saturated carbocycles. The third-order valence-corrected chi connectivity index (χ3v) is 1.94. The molecule has 0 aliphatic carbocycles. The molecule has 0 N–H and O–H groups in total. The number of halogens is 2. The zero-order valence-electron chi connectivity index (χ0n) is 7.52. The highest BCUT2D eigenvalue weighted by Gasteiger charge is 2.01. The summed E-state index contributed by atoms with van der Waals surface area (Å²) in [7, 11) is 0. The Morgan fingerprint density at radius 3 is 2.85 bits per heavy atom. The van der Waals surface area contributed by atoms with Gasteiger partial charge in [0.2, 0.25) is 0 Å². The lowest BCUT2D eigenvalue weighted by molar-refractivity contribution is 0.309. The van der Waals surface area contributed by atoms with Crippen molar-refractivity contribution >= 4 is 11.6 Å². The maximum atomic E-state index is 12.6. The lowest BCUT2D eigenvalue weighted by Crippen LogP contribution is -1.96. The number of unbranched alkanes of at least 4 members (excludes halogenated alkanes) is 1. The van der Waals surface area contributed by atoms with Crippen molar-refractivity contribution in [3.8, 4) is 5.75 Å². The SMILES string of the molecule is CCCCOc1ccc(F)cc1Cl. The van der Waals surface area contributed by atoms with Crippen LogP contribution in [0.3, 0.4) is 0 Å². The van der Waals surface area contributed by atoms with E-state index in [0.717, 1.165) is 12.8 Å². The fourth-order valence-corrected chi connectivity index (χ4v) is 1.14. The molecule has 1 nitrogen and oxygen atoms in total. The minimum atomic E-state index is -0.340. The molecule has 0 unspecified atom stereocenters. The summed E-state index contributed by atoms with van der Waals surface area (Å²) in [4.78, 5) is 0. The van der Waals surface area contributed by atoms with Crippen molar-refractivity contribution in [1.29, 1.82) is 0 Å². The molecule has 1 aromatic rings. The van der Waals surface area contributed by atoms with Gasteiger partial charge in [0.15, 0.2) is 0 Å². The van der Waals surface area contributed by atoms with Gasteiger partial charge in [0.1, 0.15) is 11.6 Å². The minimum absolute atomic E-state index is 0.330. The monoisotopic (exact) mass is 202 g/mol. The molecule has 13 heavy (non-hydrogen) atoms. The predicted octanol–water partition coefficient (Wildman–Crippen LogP) is 3.66. The van der Waals surface area contributed by atoms with Crippen LogP contribution in [-0.4, -0.2) is 6.61 Å². The van der Waals surface area contributed by atoms with E-state index >= 15 is 0 Å². The first-order chi connectivity index (χ1) is 6.24. The first kappa shape index (κ1) is 10.3. The summed E-state index contributed by atoms with van der Waals surface area (Å²) >= 11 is 5.74. The fraction of sp³-hybridized carbons (Fsp3) is 0.400. The Balaban J connectivity index is 2.56. The van der Waals surface area contributed by atoms with Crippen molar-refractivity contribution < 1.29 is 9.13 Å². The lowest BCUT2D eigenvalue weighted by Gasteiger charge is -2.06. The molecule has 0 radical (unpaired) electrons. The molecule has 0 saturated heterocycles. The summed E-state index contributed by atoms with van der Waals surface area (Å²) in [5, 5.41) is 0.330. The largest absolute Gasteiger partial charge is 0.492 e. The highest BCUT2D eigenvalue weighted by molar-refractivity contribution is 6.32. The van der Waals surface area contributed by atoms with Crippen LogP contribution >= 0.6 is 11.6 Å². The average Bonchev–Trinajstić information content (AvgIpc) is 2.09. The lowest BCUT2D eigenvalue weighted by atomic mass is 10.3. The van der Waals surface area contributed by atoms with Crippen LogP contribution in [0.4, 0.5) is 4.39 Å². The van der Waals surface area contributed by atoms with E-state index < -0.39 is 0 Å². The summed E-state index contributed by atoms with van der Waals surface area (Å²) in [6, 6.07) is 4.14. The van der Waals surface area contributed by atoms with E-state index in [1.807, 2.05) is 0 Å². The number of rotatable bonds is 4. The van der Waals surface area contributed by atoms with Gasteiger partial charge >= 0.3 is 0 Å². The topological polar surface area (TPSA) is 9.23 Å². The van der Waals surface area contributed by atoms with Gasteiger partial charge in [0.05, 0.1) is 11.6 Å². The van der Waals surface area contributed by atoms with Gasteiger partial charge in [-0.15, -0.1) is 0 Å². The van der Waals surface area contributed by atoms with Crippen molar-refractivity contribution in [3.05, 3.63) is 29.0 Å². The normalized spacial score (nSPS) is 10.1. The molecule has 0 spiro atoms. The van der Waals surface area contributed by atoms with Crippen LogP contribution in [0.25, 0.3) is 0 Å². The maximum Gasteiger partial charge on any atom is 0.138 e. The van der Waals surface area contributed by atoms with Crippen molar-refractivity contribution in [2.45, 2.75) is 19.8 Å². The maximum absolute atomic E-state index is 12.6. The van der Waals surface area contributed by atoms with E-state index in [0.29, 0.717) is 17.4 Å².